The number of nitrogens with zero attached hydrogens (tertiary/aromatic N) is 6. The van der Waals surface area contributed by atoms with Gasteiger partial charge < -0.3 is 10.2 Å². The van der Waals surface area contributed by atoms with Crippen molar-refractivity contribution >= 4 is 5.82 Å². The molecule has 2 aromatic heterocycles. The van der Waals surface area contributed by atoms with Gasteiger partial charge in [-0.15, -0.1) is 5.10 Å². The van der Waals surface area contributed by atoms with Gasteiger partial charge in [0.15, 0.2) is 5.82 Å². The molecule has 36 heavy (non-hydrogen) atoms. The van der Waals surface area contributed by atoms with Crippen LogP contribution in [0.3, 0.4) is 0 Å². The fourth-order valence-electron chi connectivity index (χ4n) is 4.85. The minimum atomic E-state index is -0.0657. The quantitative estimate of drug-likeness (QED) is 0.369. The lowest BCUT2D eigenvalue weighted by molar-refractivity contribution is 0.596. The molecule has 2 aromatic carbocycles. The van der Waals surface area contributed by atoms with Gasteiger partial charge in [0.1, 0.15) is 0 Å². The summed E-state index contributed by atoms with van der Waals surface area (Å²) in [7, 11) is 0. The van der Waals surface area contributed by atoms with Gasteiger partial charge in [0.25, 0.3) is 5.56 Å². The molecule has 0 bridgehead atoms. The average Bonchev–Trinajstić information content (AvgIpc) is 3.42. The largest absolute Gasteiger partial charge is 0.352 e. The van der Waals surface area contributed by atoms with E-state index < -0.39 is 0 Å². The maximum atomic E-state index is 13.3. The van der Waals surface area contributed by atoms with Crippen LogP contribution in [0.4, 0.5) is 5.82 Å². The van der Waals surface area contributed by atoms with Crippen LogP contribution in [0.5, 0.6) is 0 Å². The Hall–Kier alpha value is -3.78. The molecule has 0 spiro atoms. The molecule has 1 N–H and O–H groups in total. The number of rotatable bonds is 9. The SMILES string of the molecule is Cc1ccc([C@@H]2C[C@H]2NCCCc2cn(-c3ccc(-n4ccnn4)cc3)c(=O)c(N3CCC3)n2)cc1. The third-order valence-electron chi connectivity index (χ3n) is 7.22. The lowest BCUT2D eigenvalue weighted by Gasteiger charge is -2.31. The highest BCUT2D eigenvalue weighted by Crippen LogP contribution is 2.40. The first kappa shape index (κ1) is 22.7. The Morgan fingerprint density at radius 3 is 2.50 bits per heavy atom. The van der Waals surface area contributed by atoms with Crippen molar-refractivity contribution in [3.63, 3.8) is 0 Å². The molecule has 0 radical (unpaired) electrons. The summed E-state index contributed by atoms with van der Waals surface area (Å²) in [5.74, 6) is 1.19. The molecule has 1 saturated carbocycles. The van der Waals surface area contributed by atoms with Gasteiger partial charge in [-0.1, -0.05) is 35.0 Å². The molecule has 1 aliphatic heterocycles. The second-order valence-corrected chi connectivity index (χ2v) is 9.85. The summed E-state index contributed by atoms with van der Waals surface area (Å²) in [5.41, 5.74) is 5.35. The Balaban J connectivity index is 1.13. The number of nitrogens with one attached hydrogen (secondary N) is 1. The summed E-state index contributed by atoms with van der Waals surface area (Å²) in [6.07, 6.45) is 9.46. The van der Waals surface area contributed by atoms with Crippen molar-refractivity contribution in [2.45, 2.75) is 44.6 Å². The third-order valence-corrected chi connectivity index (χ3v) is 7.22. The van der Waals surface area contributed by atoms with Crippen LogP contribution in [0.25, 0.3) is 11.4 Å². The van der Waals surface area contributed by atoms with Crippen molar-refractivity contribution < 1.29 is 0 Å². The van der Waals surface area contributed by atoms with Gasteiger partial charge in [-0.3, -0.25) is 9.36 Å². The minimum absolute atomic E-state index is 0.0657. The zero-order valence-electron chi connectivity index (χ0n) is 20.5. The lowest BCUT2D eigenvalue weighted by Crippen LogP contribution is -2.42. The molecular formula is C28H31N7O. The van der Waals surface area contributed by atoms with E-state index in [0.717, 1.165) is 56.0 Å². The number of hydrogen-bond donors (Lipinski definition) is 1. The van der Waals surface area contributed by atoms with E-state index in [2.05, 4.69) is 51.7 Å². The number of aryl methyl sites for hydroxylation is 2. The standard InChI is InChI=1S/C28H31N7O/c1-20-5-7-21(8-6-20)25-18-26(25)29-13-2-4-22-19-34(28(36)27(31-22)33-15-3-16-33)23-9-11-24(12-10-23)35-17-14-30-32-35/h5-12,14,17,19,25-26,29H,2-4,13,15-16,18H2,1H3/t25-,26+/m0/s1. The summed E-state index contributed by atoms with van der Waals surface area (Å²) >= 11 is 0. The fraction of sp³-hybridized carbons (Fsp3) is 0.357. The minimum Gasteiger partial charge on any atom is -0.352 e. The molecule has 8 nitrogen and oxygen atoms in total. The van der Waals surface area contributed by atoms with Crippen LogP contribution >= 0.6 is 0 Å². The summed E-state index contributed by atoms with van der Waals surface area (Å²) < 4.78 is 3.44. The van der Waals surface area contributed by atoms with Crippen LogP contribution in [0.1, 0.15) is 42.0 Å². The van der Waals surface area contributed by atoms with E-state index in [-0.39, 0.29) is 5.56 Å². The number of anilines is 1. The highest BCUT2D eigenvalue weighted by atomic mass is 16.1. The van der Waals surface area contributed by atoms with Crippen molar-refractivity contribution in [1.29, 1.82) is 0 Å². The van der Waals surface area contributed by atoms with Gasteiger partial charge >= 0.3 is 0 Å². The lowest BCUT2D eigenvalue weighted by atomic mass is 10.1. The molecule has 1 aliphatic carbocycles. The fourth-order valence-corrected chi connectivity index (χ4v) is 4.85. The highest BCUT2D eigenvalue weighted by Gasteiger charge is 2.37. The Kier molecular flexibility index (Phi) is 6.11. The molecule has 0 unspecified atom stereocenters. The molecule has 8 heteroatoms. The van der Waals surface area contributed by atoms with Crippen molar-refractivity contribution in [3.8, 4) is 11.4 Å². The summed E-state index contributed by atoms with van der Waals surface area (Å²) in [6, 6.07) is 17.3. The Morgan fingerprint density at radius 2 is 1.81 bits per heavy atom. The number of hydrogen-bond acceptors (Lipinski definition) is 6. The van der Waals surface area contributed by atoms with E-state index in [1.807, 2.05) is 30.5 Å². The molecule has 0 amide bonds. The van der Waals surface area contributed by atoms with Crippen molar-refractivity contribution in [1.82, 2.24) is 29.9 Å². The van der Waals surface area contributed by atoms with E-state index in [9.17, 15) is 4.79 Å². The van der Waals surface area contributed by atoms with Crippen LogP contribution < -0.4 is 15.8 Å². The summed E-state index contributed by atoms with van der Waals surface area (Å²) in [6.45, 7) is 4.85. The van der Waals surface area contributed by atoms with E-state index in [0.29, 0.717) is 17.8 Å². The van der Waals surface area contributed by atoms with Gasteiger partial charge in [0.05, 0.1) is 23.8 Å². The maximum absolute atomic E-state index is 13.3. The maximum Gasteiger partial charge on any atom is 0.298 e. The highest BCUT2D eigenvalue weighted by molar-refractivity contribution is 5.46. The summed E-state index contributed by atoms with van der Waals surface area (Å²) in [4.78, 5) is 20.2. The normalized spacial score (nSPS) is 18.8. The Labute approximate surface area is 210 Å². The first-order valence-electron chi connectivity index (χ1n) is 12.8. The van der Waals surface area contributed by atoms with Crippen molar-refractivity contribution in [3.05, 3.63) is 94.3 Å². The van der Waals surface area contributed by atoms with Gasteiger partial charge in [-0.05, 0) is 69.0 Å². The molecule has 184 valence electrons. The Bertz CT molecular complexity index is 1370. The van der Waals surface area contributed by atoms with Gasteiger partial charge in [-0.2, -0.15) is 0 Å². The molecular weight excluding hydrogens is 450 g/mol. The van der Waals surface area contributed by atoms with Crippen LogP contribution in [0.15, 0.2) is 71.9 Å². The monoisotopic (exact) mass is 481 g/mol. The zero-order valence-corrected chi connectivity index (χ0v) is 20.5. The molecule has 4 aromatic rings. The van der Waals surface area contributed by atoms with Crippen LogP contribution in [-0.2, 0) is 6.42 Å². The molecule has 3 heterocycles. The van der Waals surface area contributed by atoms with Crippen LogP contribution in [0.2, 0.25) is 0 Å². The van der Waals surface area contributed by atoms with Crippen molar-refractivity contribution in [2.24, 2.45) is 0 Å². The molecule has 2 fully saturated rings. The van der Waals surface area contributed by atoms with Gasteiger partial charge in [0.2, 0.25) is 0 Å². The van der Waals surface area contributed by atoms with E-state index in [4.69, 9.17) is 4.98 Å². The predicted molar refractivity (Wildman–Crippen MR) is 140 cm³/mol. The second kappa shape index (κ2) is 9.70. The first-order valence-corrected chi connectivity index (χ1v) is 12.8. The van der Waals surface area contributed by atoms with Gasteiger partial charge in [0, 0.05) is 36.9 Å². The van der Waals surface area contributed by atoms with E-state index >= 15 is 0 Å². The predicted octanol–water partition coefficient (Wildman–Crippen LogP) is 3.41. The summed E-state index contributed by atoms with van der Waals surface area (Å²) in [5, 5.41) is 11.6. The van der Waals surface area contributed by atoms with Crippen LogP contribution in [0, 0.1) is 6.92 Å². The molecule has 1 saturated heterocycles. The van der Waals surface area contributed by atoms with Crippen LogP contribution in [-0.4, -0.2) is 50.2 Å². The zero-order chi connectivity index (χ0) is 24.5. The third kappa shape index (κ3) is 4.68. The van der Waals surface area contributed by atoms with E-state index in [1.54, 1.807) is 21.6 Å². The molecule has 6 rings (SSSR count). The van der Waals surface area contributed by atoms with Gasteiger partial charge in [-0.25, -0.2) is 9.67 Å². The topological polar surface area (TPSA) is 80.9 Å². The van der Waals surface area contributed by atoms with E-state index in [1.165, 1.54) is 17.5 Å². The number of benzene rings is 2. The second-order valence-electron chi connectivity index (χ2n) is 9.85. The van der Waals surface area contributed by atoms with Crippen molar-refractivity contribution in [2.75, 3.05) is 24.5 Å². The first-order chi connectivity index (χ1) is 17.7. The average molecular weight is 482 g/mol. The molecule has 2 atom stereocenters. The molecule has 2 aliphatic rings. The smallest absolute Gasteiger partial charge is 0.298 e. The number of aromatic nitrogens is 5. The Morgan fingerprint density at radius 1 is 1.03 bits per heavy atom.